The molecular formula is C31H43ClN4O2. The van der Waals surface area contributed by atoms with E-state index in [9.17, 15) is 4.79 Å². The van der Waals surface area contributed by atoms with E-state index in [0.29, 0.717) is 17.1 Å². The van der Waals surface area contributed by atoms with Crippen LogP contribution in [0.3, 0.4) is 0 Å². The molecule has 1 unspecified atom stereocenters. The summed E-state index contributed by atoms with van der Waals surface area (Å²) in [6.45, 7) is 15.0. The smallest absolute Gasteiger partial charge is 0.253 e. The summed E-state index contributed by atoms with van der Waals surface area (Å²) in [5.74, 6) is 0.702. The molecule has 0 saturated carbocycles. The van der Waals surface area contributed by atoms with Crippen molar-refractivity contribution in [3.8, 4) is 5.75 Å². The number of nitrogens with zero attached hydrogens (tertiary/aromatic N) is 3. The first-order valence-electron chi connectivity index (χ1n) is 14.1. The molecule has 1 N–H and O–H groups in total. The number of ether oxygens (including phenoxy) is 1. The van der Waals surface area contributed by atoms with Gasteiger partial charge in [0, 0.05) is 55.4 Å². The molecule has 1 amide bonds. The lowest BCUT2D eigenvalue weighted by Crippen LogP contribution is -2.54. The van der Waals surface area contributed by atoms with Gasteiger partial charge in [-0.2, -0.15) is 0 Å². The normalized spacial score (nSPS) is 19.4. The number of piperazine rings is 1. The maximum absolute atomic E-state index is 13.4. The van der Waals surface area contributed by atoms with Crippen molar-refractivity contribution in [2.45, 2.75) is 58.5 Å². The number of aryl methyl sites for hydroxylation is 1. The molecule has 2 aliphatic rings. The van der Waals surface area contributed by atoms with E-state index in [1.54, 1.807) is 7.11 Å². The average Bonchev–Trinajstić information content (AvgIpc) is 3.31. The van der Waals surface area contributed by atoms with Gasteiger partial charge in [-0.3, -0.25) is 9.69 Å². The third kappa shape index (κ3) is 6.71. The maximum Gasteiger partial charge on any atom is 0.253 e. The van der Waals surface area contributed by atoms with Crippen LogP contribution in [0.5, 0.6) is 5.75 Å². The van der Waals surface area contributed by atoms with Crippen molar-refractivity contribution in [2.24, 2.45) is 0 Å². The number of hydrogen-bond donors (Lipinski definition) is 1. The fourth-order valence-electron chi connectivity index (χ4n) is 5.85. The van der Waals surface area contributed by atoms with Crippen LogP contribution in [0, 0.1) is 0 Å². The lowest BCUT2D eigenvalue weighted by atomic mass is 9.99. The zero-order valence-corrected chi connectivity index (χ0v) is 24.0. The van der Waals surface area contributed by atoms with Gasteiger partial charge in [-0.25, -0.2) is 0 Å². The van der Waals surface area contributed by atoms with Crippen molar-refractivity contribution in [2.75, 3.05) is 46.4 Å². The van der Waals surface area contributed by atoms with Crippen molar-refractivity contribution < 1.29 is 9.53 Å². The van der Waals surface area contributed by atoms with Crippen LogP contribution >= 0.6 is 11.6 Å². The summed E-state index contributed by atoms with van der Waals surface area (Å²) in [6.07, 6.45) is 11.9. The molecule has 7 heteroatoms. The molecule has 38 heavy (non-hydrogen) atoms. The van der Waals surface area contributed by atoms with E-state index >= 15 is 0 Å². The fourth-order valence-corrected chi connectivity index (χ4v) is 6.03. The number of methoxy groups -OCH3 is 1. The quantitative estimate of drug-likeness (QED) is 0.358. The Hall–Kier alpha value is -2.54. The fraction of sp³-hybridized carbons (Fsp3) is 0.516. The Labute approximate surface area is 232 Å². The number of allylic oxidation sites excluding steroid dienone is 3. The number of piperidine rings is 1. The van der Waals surface area contributed by atoms with Crippen LogP contribution in [-0.2, 0) is 6.54 Å². The topological polar surface area (TPSA) is 49.7 Å². The number of hydrogen-bond acceptors (Lipinski definition) is 4. The maximum atomic E-state index is 13.4. The molecule has 1 aromatic carbocycles. The molecule has 6 nitrogen and oxygen atoms in total. The number of carbonyl (C=O) groups excluding carboxylic acids is 1. The Bertz CT molecular complexity index is 1200. The Morgan fingerprint density at radius 1 is 1.24 bits per heavy atom. The Balaban J connectivity index is 1.45. The molecule has 0 aliphatic carbocycles. The van der Waals surface area contributed by atoms with Gasteiger partial charge in [0.2, 0.25) is 0 Å². The molecule has 1 atom stereocenters. The number of nitrogens with one attached hydrogen (secondary N) is 1. The first kappa shape index (κ1) is 28.5. The average molecular weight is 539 g/mol. The third-order valence-electron chi connectivity index (χ3n) is 8.03. The molecule has 0 spiro atoms. The van der Waals surface area contributed by atoms with Crippen molar-refractivity contribution in [1.82, 2.24) is 19.7 Å². The summed E-state index contributed by atoms with van der Waals surface area (Å²) in [4.78, 5) is 18.7. The zero-order valence-electron chi connectivity index (χ0n) is 23.3. The number of para-hydroxylation sites is 1. The van der Waals surface area contributed by atoms with E-state index in [0.717, 1.165) is 66.3 Å². The van der Waals surface area contributed by atoms with Gasteiger partial charge < -0.3 is 19.5 Å². The third-order valence-corrected chi connectivity index (χ3v) is 8.28. The van der Waals surface area contributed by atoms with Crippen LogP contribution in [0.25, 0.3) is 10.9 Å². The minimum Gasteiger partial charge on any atom is -0.495 e. The van der Waals surface area contributed by atoms with Crippen LogP contribution in [0.4, 0.5) is 0 Å². The summed E-state index contributed by atoms with van der Waals surface area (Å²) in [7, 11) is 1.69. The van der Waals surface area contributed by atoms with Crippen LogP contribution in [-0.4, -0.2) is 72.7 Å². The second kappa shape index (κ2) is 13.5. The van der Waals surface area contributed by atoms with Crippen molar-refractivity contribution in [3.05, 3.63) is 64.9 Å². The predicted molar refractivity (Wildman–Crippen MR) is 158 cm³/mol. The second-order valence-electron chi connectivity index (χ2n) is 10.4. The van der Waals surface area contributed by atoms with Crippen LogP contribution < -0.4 is 10.1 Å². The van der Waals surface area contributed by atoms with E-state index in [-0.39, 0.29) is 5.91 Å². The zero-order chi connectivity index (χ0) is 27.1. The van der Waals surface area contributed by atoms with E-state index < -0.39 is 0 Å². The Morgan fingerprint density at radius 3 is 2.82 bits per heavy atom. The van der Waals surface area contributed by atoms with Crippen molar-refractivity contribution in [1.29, 1.82) is 0 Å². The van der Waals surface area contributed by atoms with Crippen LogP contribution in [0.1, 0.15) is 56.3 Å². The van der Waals surface area contributed by atoms with Gasteiger partial charge in [-0.15, -0.1) is 0 Å². The molecule has 2 fully saturated rings. The number of fused-ring (bicyclic) bond motifs is 2. The molecule has 2 aliphatic heterocycles. The Kier molecular flexibility index (Phi) is 10.1. The Morgan fingerprint density at radius 2 is 2.08 bits per heavy atom. The molecule has 4 rings (SSSR count). The molecule has 0 bridgehead atoms. The number of amides is 1. The van der Waals surface area contributed by atoms with Crippen molar-refractivity contribution >= 4 is 28.4 Å². The standard InChI is InChI=1S/C31H43ClN4O2/c1-5-24(19-25(6-2)23(3)32)20-33-31(37)28-22-36(30-27(28)12-9-13-29(30)38-4)16-10-14-34-17-18-35-15-8-7-11-26(35)21-34/h5,9,12-13,19,22,26H,3,6-8,10-11,14-18,20-21H2,1-2,4H3,(H,33,37)/b24-5+,25-19-. The summed E-state index contributed by atoms with van der Waals surface area (Å²) < 4.78 is 7.90. The first-order valence-corrected chi connectivity index (χ1v) is 14.4. The van der Waals surface area contributed by atoms with Gasteiger partial charge in [0.05, 0.1) is 18.2 Å². The van der Waals surface area contributed by atoms with E-state index in [2.05, 4.69) is 26.3 Å². The lowest BCUT2D eigenvalue weighted by molar-refractivity contribution is 0.0484. The largest absolute Gasteiger partial charge is 0.495 e. The van der Waals surface area contributed by atoms with Crippen LogP contribution in [0.2, 0.25) is 0 Å². The van der Waals surface area contributed by atoms with E-state index in [4.69, 9.17) is 16.3 Å². The molecule has 2 aromatic rings. The SMILES string of the molecule is C=C(Cl)/C(=C\C(=C/C)CNC(=O)c1cn(CCCN2CCN3CCCCC3C2)c2c(OC)cccc12)CC. The monoisotopic (exact) mass is 538 g/mol. The highest BCUT2D eigenvalue weighted by Crippen LogP contribution is 2.30. The summed E-state index contributed by atoms with van der Waals surface area (Å²) >= 11 is 6.12. The number of rotatable bonds is 11. The van der Waals surface area contributed by atoms with Gasteiger partial charge in [-0.1, -0.05) is 55.8 Å². The van der Waals surface area contributed by atoms with Gasteiger partial charge in [-0.05, 0) is 62.9 Å². The molecule has 1 aromatic heterocycles. The first-order chi connectivity index (χ1) is 18.4. The number of halogens is 1. The molecular weight excluding hydrogens is 496 g/mol. The summed E-state index contributed by atoms with van der Waals surface area (Å²) in [5.41, 5.74) is 3.62. The molecule has 2 saturated heterocycles. The number of aromatic nitrogens is 1. The molecule has 3 heterocycles. The number of benzene rings is 1. The van der Waals surface area contributed by atoms with Gasteiger partial charge in [0.25, 0.3) is 5.91 Å². The highest BCUT2D eigenvalue weighted by Gasteiger charge is 2.28. The van der Waals surface area contributed by atoms with Gasteiger partial charge >= 0.3 is 0 Å². The van der Waals surface area contributed by atoms with Gasteiger partial charge in [0.1, 0.15) is 5.75 Å². The highest BCUT2D eigenvalue weighted by atomic mass is 35.5. The molecule has 0 radical (unpaired) electrons. The highest BCUT2D eigenvalue weighted by molar-refractivity contribution is 6.31. The minimum atomic E-state index is -0.0917. The van der Waals surface area contributed by atoms with E-state index in [1.807, 2.05) is 50.4 Å². The minimum absolute atomic E-state index is 0.0917. The van der Waals surface area contributed by atoms with Gasteiger partial charge in [0.15, 0.2) is 0 Å². The molecule has 206 valence electrons. The lowest BCUT2D eigenvalue weighted by Gasteiger charge is -2.44. The summed E-state index contributed by atoms with van der Waals surface area (Å²) in [5, 5.41) is 4.56. The van der Waals surface area contributed by atoms with Crippen LogP contribution in [0.15, 0.2) is 59.3 Å². The predicted octanol–water partition coefficient (Wildman–Crippen LogP) is 5.98. The van der Waals surface area contributed by atoms with E-state index in [1.165, 1.54) is 38.9 Å². The summed E-state index contributed by atoms with van der Waals surface area (Å²) in [6, 6.07) is 6.66. The van der Waals surface area contributed by atoms with Crippen molar-refractivity contribution in [3.63, 3.8) is 0 Å². The second-order valence-corrected chi connectivity index (χ2v) is 10.9. The number of carbonyl (C=O) groups is 1.